The van der Waals surface area contributed by atoms with Crippen molar-refractivity contribution < 1.29 is 9.53 Å². The normalized spacial score (nSPS) is 10.8. The van der Waals surface area contributed by atoms with Crippen molar-refractivity contribution in [2.45, 2.75) is 19.3 Å². The van der Waals surface area contributed by atoms with Crippen molar-refractivity contribution in [3.8, 4) is 5.75 Å². The minimum Gasteiger partial charge on any atom is -0.496 e. The number of H-pyrrole nitrogens is 1. The highest BCUT2D eigenvalue weighted by Gasteiger charge is 2.10. The summed E-state index contributed by atoms with van der Waals surface area (Å²) in [4.78, 5) is 20.2. The van der Waals surface area contributed by atoms with E-state index >= 15 is 0 Å². The Hall–Kier alpha value is -3.60. The van der Waals surface area contributed by atoms with Gasteiger partial charge >= 0.3 is 0 Å². The van der Waals surface area contributed by atoms with Crippen molar-refractivity contribution in [2.75, 3.05) is 12.4 Å². The van der Waals surface area contributed by atoms with Gasteiger partial charge in [0.25, 0.3) is 0 Å². The number of hydrogen-bond acceptors (Lipinski definition) is 3. The van der Waals surface area contributed by atoms with Gasteiger partial charge < -0.3 is 15.0 Å². The number of nitrogens with one attached hydrogen (secondary N) is 2. The second-order valence-electron chi connectivity index (χ2n) is 6.94. The predicted octanol–water partition coefficient (Wildman–Crippen LogP) is 4.73. The molecule has 0 radical (unpaired) electrons. The number of rotatable bonds is 7. The fourth-order valence-corrected chi connectivity index (χ4v) is 3.39. The van der Waals surface area contributed by atoms with Gasteiger partial charge in [0.15, 0.2) is 0 Å². The van der Waals surface area contributed by atoms with Gasteiger partial charge in [-0.2, -0.15) is 0 Å². The molecule has 0 saturated carbocycles. The molecule has 0 aliphatic carbocycles. The quantitative estimate of drug-likeness (QED) is 0.483. The number of anilines is 1. The average Bonchev–Trinajstić information content (AvgIpc) is 3.16. The monoisotopic (exact) mass is 385 g/mol. The number of nitrogens with zero attached hydrogens (tertiary/aromatic N) is 1. The minimum absolute atomic E-state index is 0.0405. The van der Waals surface area contributed by atoms with Gasteiger partial charge in [0.2, 0.25) is 5.91 Å². The summed E-state index contributed by atoms with van der Waals surface area (Å²) >= 11 is 0. The number of amides is 1. The number of imidazole rings is 1. The third-order valence-corrected chi connectivity index (χ3v) is 4.83. The van der Waals surface area contributed by atoms with E-state index in [4.69, 9.17) is 4.74 Å². The van der Waals surface area contributed by atoms with Crippen LogP contribution in [-0.2, 0) is 17.6 Å². The molecule has 1 amide bonds. The van der Waals surface area contributed by atoms with E-state index in [1.165, 1.54) is 5.56 Å². The van der Waals surface area contributed by atoms with Gasteiger partial charge in [-0.15, -0.1) is 0 Å². The first kappa shape index (κ1) is 18.7. The third-order valence-electron chi connectivity index (χ3n) is 4.83. The Labute approximate surface area is 169 Å². The lowest BCUT2D eigenvalue weighted by atomic mass is 10.0. The zero-order valence-electron chi connectivity index (χ0n) is 16.3. The summed E-state index contributed by atoms with van der Waals surface area (Å²) in [5, 5.41) is 2.99. The number of aromatic nitrogens is 2. The van der Waals surface area contributed by atoms with Gasteiger partial charge in [-0.05, 0) is 35.9 Å². The summed E-state index contributed by atoms with van der Waals surface area (Å²) in [5.74, 6) is 1.59. The molecule has 3 aromatic carbocycles. The van der Waals surface area contributed by atoms with Crippen LogP contribution in [0.25, 0.3) is 11.0 Å². The second-order valence-corrected chi connectivity index (χ2v) is 6.94. The van der Waals surface area contributed by atoms with Gasteiger partial charge in [-0.1, -0.05) is 42.5 Å². The van der Waals surface area contributed by atoms with Crippen LogP contribution in [0.2, 0.25) is 0 Å². The largest absolute Gasteiger partial charge is 0.496 e. The number of aryl methyl sites for hydroxylation is 1. The van der Waals surface area contributed by atoms with Crippen LogP contribution in [0.3, 0.4) is 0 Å². The van der Waals surface area contributed by atoms with Crippen LogP contribution in [0.1, 0.15) is 23.4 Å². The van der Waals surface area contributed by atoms with E-state index in [1.807, 2.05) is 60.7 Å². The first-order chi connectivity index (χ1) is 14.2. The highest BCUT2D eigenvalue weighted by Crippen LogP contribution is 2.25. The lowest BCUT2D eigenvalue weighted by Gasteiger charge is -2.12. The van der Waals surface area contributed by atoms with E-state index in [-0.39, 0.29) is 5.91 Å². The molecule has 0 fully saturated rings. The first-order valence-electron chi connectivity index (χ1n) is 9.65. The van der Waals surface area contributed by atoms with Crippen LogP contribution in [0.15, 0.2) is 72.8 Å². The Balaban J connectivity index is 1.41. The maximum Gasteiger partial charge on any atom is 0.224 e. The highest BCUT2D eigenvalue weighted by atomic mass is 16.5. The standard InChI is InChI=1S/C24H23N3O2/c1-29-22-12-11-19(16-18(22)15-17-7-3-2-4-8-17)25-24(28)14-13-23-26-20-9-5-6-10-21(20)27-23/h2-12,16H,13-15H2,1H3,(H,25,28)(H,26,27). The number of ether oxygens (including phenoxy) is 1. The minimum atomic E-state index is -0.0405. The molecular weight excluding hydrogens is 362 g/mol. The highest BCUT2D eigenvalue weighted by molar-refractivity contribution is 5.91. The Morgan fingerprint density at radius 1 is 1.03 bits per heavy atom. The Morgan fingerprint density at radius 3 is 2.62 bits per heavy atom. The van der Waals surface area contributed by atoms with Crippen LogP contribution in [0, 0.1) is 0 Å². The Kier molecular flexibility index (Phi) is 5.56. The molecule has 0 unspecified atom stereocenters. The number of fused-ring (bicyclic) bond motifs is 1. The SMILES string of the molecule is COc1ccc(NC(=O)CCc2nc3ccccc3[nH]2)cc1Cc1ccccc1. The van der Waals surface area contributed by atoms with E-state index < -0.39 is 0 Å². The number of aromatic amines is 1. The number of benzene rings is 3. The molecule has 5 nitrogen and oxygen atoms in total. The molecule has 0 aliphatic heterocycles. The summed E-state index contributed by atoms with van der Waals surface area (Å²) in [6, 6.07) is 23.8. The lowest BCUT2D eigenvalue weighted by molar-refractivity contribution is -0.116. The van der Waals surface area contributed by atoms with E-state index in [2.05, 4.69) is 27.4 Å². The molecule has 0 aliphatic rings. The van der Waals surface area contributed by atoms with Crippen molar-refractivity contribution in [1.82, 2.24) is 9.97 Å². The van der Waals surface area contributed by atoms with Gasteiger partial charge in [-0.25, -0.2) is 4.98 Å². The lowest BCUT2D eigenvalue weighted by Crippen LogP contribution is -2.13. The maximum absolute atomic E-state index is 12.4. The van der Waals surface area contributed by atoms with Crippen LogP contribution in [-0.4, -0.2) is 23.0 Å². The van der Waals surface area contributed by atoms with E-state index in [9.17, 15) is 4.79 Å². The zero-order chi connectivity index (χ0) is 20.1. The van der Waals surface area contributed by atoms with E-state index in [0.717, 1.165) is 40.3 Å². The number of para-hydroxylation sites is 2. The fraction of sp³-hybridized carbons (Fsp3) is 0.167. The first-order valence-corrected chi connectivity index (χ1v) is 9.65. The zero-order valence-corrected chi connectivity index (χ0v) is 16.3. The molecule has 1 heterocycles. The van der Waals surface area contributed by atoms with Crippen molar-refractivity contribution in [3.63, 3.8) is 0 Å². The van der Waals surface area contributed by atoms with E-state index in [0.29, 0.717) is 12.8 Å². The molecule has 4 aromatic rings. The van der Waals surface area contributed by atoms with Crippen LogP contribution < -0.4 is 10.1 Å². The van der Waals surface area contributed by atoms with Crippen LogP contribution in [0.5, 0.6) is 5.75 Å². The van der Waals surface area contributed by atoms with Gasteiger partial charge in [-0.3, -0.25) is 4.79 Å². The Bertz CT molecular complexity index is 1090. The molecule has 146 valence electrons. The molecule has 29 heavy (non-hydrogen) atoms. The molecule has 5 heteroatoms. The van der Waals surface area contributed by atoms with Crippen LogP contribution in [0.4, 0.5) is 5.69 Å². The van der Waals surface area contributed by atoms with Gasteiger partial charge in [0, 0.05) is 30.5 Å². The topological polar surface area (TPSA) is 67.0 Å². The van der Waals surface area contributed by atoms with Crippen molar-refractivity contribution in [2.24, 2.45) is 0 Å². The predicted molar refractivity (Wildman–Crippen MR) is 115 cm³/mol. The number of hydrogen-bond donors (Lipinski definition) is 2. The number of carbonyl (C=O) groups excluding carboxylic acids is 1. The molecule has 0 atom stereocenters. The summed E-state index contributed by atoms with van der Waals surface area (Å²) < 4.78 is 5.49. The molecule has 0 saturated heterocycles. The number of carbonyl (C=O) groups is 1. The smallest absolute Gasteiger partial charge is 0.224 e. The summed E-state index contributed by atoms with van der Waals surface area (Å²) in [7, 11) is 1.66. The molecule has 2 N–H and O–H groups in total. The summed E-state index contributed by atoms with van der Waals surface area (Å²) in [5.41, 5.74) is 4.91. The molecule has 4 rings (SSSR count). The molecule has 0 bridgehead atoms. The number of methoxy groups -OCH3 is 1. The molecular formula is C24H23N3O2. The van der Waals surface area contributed by atoms with Crippen LogP contribution >= 0.6 is 0 Å². The van der Waals surface area contributed by atoms with Gasteiger partial charge in [0.05, 0.1) is 18.1 Å². The van der Waals surface area contributed by atoms with Crippen molar-refractivity contribution in [3.05, 3.63) is 89.7 Å². The van der Waals surface area contributed by atoms with Crippen molar-refractivity contribution >= 4 is 22.6 Å². The van der Waals surface area contributed by atoms with Gasteiger partial charge in [0.1, 0.15) is 11.6 Å². The Morgan fingerprint density at radius 2 is 1.83 bits per heavy atom. The average molecular weight is 385 g/mol. The van der Waals surface area contributed by atoms with Crippen molar-refractivity contribution in [1.29, 1.82) is 0 Å². The fourth-order valence-electron chi connectivity index (χ4n) is 3.39. The summed E-state index contributed by atoms with van der Waals surface area (Å²) in [6.07, 6.45) is 1.67. The van der Waals surface area contributed by atoms with E-state index in [1.54, 1.807) is 7.11 Å². The second kappa shape index (κ2) is 8.61. The summed E-state index contributed by atoms with van der Waals surface area (Å²) in [6.45, 7) is 0. The molecule has 1 aromatic heterocycles. The third kappa shape index (κ3) is 4.63. The maximum atomic E-state index is 12.4. The molecule has 0 spiro atoms.